The number of rotatable bonds is 6. The van der Waals surface area contributed by atoms with Gasteiger partial charge in [-0.2, -0.15) is 0 Å². The molecule has 14 heavy (non-hydrogen) atoms. The molecule has 0 rings (SSSR count). The van der Waals surface area contributed by atoms with Crippen molar-refractivity contribution in [3.8, 4) is 11.6 Å². The highest BCUT2D eigenvalue weighted by molar-refractivity contribution is 14.1. The van der Waals surface area contributed by atoms with Crippen molar-refractivity contribution in [2.45, 2.75) is 26.7 Å². The Kier molecular flexibility index (Phi) is 9.00. The van der Waals surface area contributed by atoms with Gasteiger partial charge in [-0.05, 0) is 20.3 Å². The highest BCUT2D eigenvalue weighted by atomic mass is 127. The molecule has 0 aromatic carbocycles. The Hall–Kier alpha value is 0.440. The summed E-state index contributed by atoms with van der Waals surface area (Å²) < 4.78 is 22.8. The van der Waals surface area contributed by atoms with Crippen LogP contribution in [0.2, 0.25) is 0 Å². The fourth-order valence-corrected chi connectivity index (χ4v) is 2.32. The number of hydrogen-bond donors (Lipinski definition) is 0. The minimum Gasteiger partial charge on any atom is -0.300 e. The Morgan fingerprint density at radius 1 is 1.29 bits per heavy atom. The Bertz CT molecular complexity index is 234. The molecule has 0 aliphatic carbocycles. The lowest BCUT2D eigenvalue weighted by Crippen LogP contribution is -1.92. The van der Waals surface area contributed by atoms with Crippen LogP contribution in [0.4, 0.5) is 0 Å². The summed E-state index contributed by atoms with van der Waals surface area (Å²) >= 11 is 2.28. The van der Waals surface area contributed by atoms with Crippen LogP contribution < -0.4 is 0 Å². The van der Waals surface area contributed by atoms with Gasteiger partial charge >= 0.3 is 7.60 Å². The lowest BCUT2D eigenvalue weighted by atomic mass is 10.4. The first kappa shape index (κ1) is 14.4. The van der Waals surface area contributed by atoms with Crippen molar-refractivity contribution in [2.75, 3.05) is 17.6 Å². The molecule has 0 saturated carbocycles. The summed E-state index contributed by atoms with van der Waals surface area (Å²) in [6, 6.07) is 0. The van der Waals surface area contributed by atoms with Gasteiger partial charge in [-0.1, -0.05) is 28.5 Å². The zero-order chi connectivity index (χ0) is 10.9. The molecule has 0 unspecified atom stereocenters. The van der Waals surface area contributed by atoms with Crippen LogP contribution in [0.25, 0.3) is 0 Å². The van der Waals surface area contributed by atoms with Gasteiger partial charge in [0, 0.05) is 16.5 Å². The van der Waals surface area contributed by atoms with Crippen molar-refractivity contribution in [2.24, 2.45) is 0 Å². The molecule has 0 N–H and O–H groups in total. The molecule has 0 radical (unpaired) electrons. The van der Waals surface area contributed by atoms with Crippen molar-refractivity contribution < 1.29 is 13.6 Å². The molecule has 0 saturated heterocycles. The number of hydrogen-bond acceptors (Lipinski definition) is 3. The largest absolute Gasteiger partial charge is 0.405 e. The van der Waals surface area contributed by atoms with Gasteiger partial charge in [-0.25, -0.2) is 4.57 Å². The summed E-state index contributed by atoms with van der Waals surface area (Å²) in [6.07, 6.45) is 1.75. The third kappa shape index (κ3) is 6.83. The minimum absolute atomic E-state index is 0.359. The van der Waals surface area contributed by atoms with Gasteiger partial charge in [0.25, 0.3) is 0 Å². The lowest BCUT2D eigenvalue weighted by molar-refractivity contribution is 0.230. The molecule has 0 heterocycles. The maximum atomic E-state index is 11.8. The van der Waals surface area contributed by atoms with Crippen LogP contribution in [-0.4, -0.2) is 17.6 Å². The molecule has 0 fully saturated rings. The zero-order valence-electron chi connectivity index (χ0n) is 8.59. The molecular formula is C9H16IO3P. The number of unbranched alkanes of at least 4 members (excludes halogenated alkanes) is 1. The molecular weight excluding hydrogens is 314 g/mol. The summed E-state index contributed by atoms with van der Waals surface area (Å²) in [7, 11) is -3.12. The molecule has 0 aromatic heterocycles. The fraction of sp³-hybridized carbons (Fsp3) is 0.778. The van der Waals surface area contributed by atoms with Crippen molar-refractivity contribution in [1.29, 1.82) is 0 Å². The number of halogens is 1. The smallest absolute Gasteiger partial charge is 0.300 e. The van der Waals surface area contributed by atoms with Crippen LogP contribution in [0.15, 0.2) is 0 Å². The molecule has 0 aliphatic heterocycles. The third-order valence-electron chi connectivity index (χ3n) is 1.25. The van der Waals surface area contributed by atoms with E-state index < -0.39 is 7.60 Å². The topological polar surface area (TPSA) is 35.5 Å². The normalized spacial score (nSPS) is 10.8. The van der Waals surface area contributed by atoms with Gasteiger partial charge in [-0.3, -0.25) is 9.05 Å². The van der Waals surface area contributed by atoms with Crippen molar-refractivity contribution in [3.63, 3.8) is 0 Å². The van der Waals surface area contributed by atoms with Crippen LogP contribution in [0.1, 0.15) is 26.7 Å². The highest BCUT2D eigenvalue weighted by Crippen LogP contribution is 2.46. The van der Waals surface area contributed by atoms with Gasteiger partial charge in [0.1, 0.15) is 0 Å². The van der Waals surface area contributed by atoms with E-state index >= 15 is 0 Å². The predicted octanol–water partition coefficient (Wildman–Crippen LogP) is 3.43. The van der Waals surface area contributed by atoms with Gasteiger partial charge in [0.15, 0.2) is 0 Å². The average molecular weight is 330 g/mol. The van der Waals surface area contributed by atoms with E-state index in [9.17, 15) is 4.57 Å². The van der Waals surface area contributed by atoms with Crippen LogP contribution >= 0.6 is 30.2 Å². The van der Waals surface area contributed by atoms with Crippen molar-refractivity contribution in [3.05, 3.63) is 0 Å². The fourth-order valence-electron chi connectivity index (χ4n) is 0.750. The molecule has 5 heteroatoms. The monoisotopic (exact) mass is 330 g/mol. The molecule has 0 atom stereocenters. The maximum Gasteiger partial charge on any atom is 0.405 e. The van der Waals surface area contributed by atoms with E-state index in [2.05, 4.69) is 34.2 Å². The summed E-state index contributed by atoms with van der Waals surface area (Å²) in [5.41, 5.74) is 2.59. The van der Waals surface area contributed by atoms with Crippen molar-refractivity contribution in [1.82, 2.24) is 0 Å². The summed E-state index contributed by atoms with van der Waals surface area (Å²) in [4.78, 5) is 0. The van der Waals surface area contributed by atoms with E-state index in [-0.39, 0.29) is 0 Å². The predicted molar refractivity (Wildman–Crippen MR) is 66.8 cm³/mol. The Labute approximate surface area is 99.6 Å². The molecule has 82 valence electrons. The van der Waals surface area contributed by atoms with Crippen LogP contribution in [0, 0.1) is 11.6 Å². The van der Waals surface area contributed by atoms with E-state index in [1.807, 2.05) is 0 Å². The SMILES string of the molecule is CCOP(=O)(C#CCCCI)OCC. The zero-order valence-corrected chi connectivity index (χ0v) is 11.6. The van der Waals surface area contributed by atoms with Gasteiger partial charge in [0.2, 0.25) is 0 Å². The second-order valence-corrected chi connectivity index (χ2v) is 5.23. The minimum atomic E-state index is -3.12. The second-order valence-electron chi connectivity index (χ2n) is 2.41. The first-order chi connectivity index (χ1) is 6.68. The van der Waals surface area contributed by atoms with E-state index in [4.69, 9.17) is 9.05 Å². The Balaban J connectivity index is 4.17. The quantitative estimate of drug-likeness (QED) is 0.246. The van der Waals surface area contributed by atoms with Crippen molar-refractivity contribution >= 4 is 30.2 Å². The molecule has 0 bridgehead atoms. The number of alkyl halides is 1. The Morgan fingerprint density at radius 3 is 2.29 bits per heavy atom. The van der Waals surface area contributed by atoms with E-state index in [1.165, 1.54) is 0 Å². The molecule has 0 amide bonds. The van der Waals surface area contributed by atoms with Crippen LogP contribution in [0.5, 0.6) is 0 Å². The second kappa shape index (κ2) is 8.72. The first-order valence-corrected chi connectivity index (χ1v) is 7.70. The summed E-state index contributed by atoms with van der Waals surface area (Å²) in [5.74, 6) is 2.83. The van der Waals surface area contributed by atoms with E-state index in [1.54, 1.807) is 13.8 Å². The standard InChI is InChI=1S/C9H16IO3P/c1-3-12-14(11,13-4-2)9-7-5-6-8-10/h3-6,8H2,1-2H3. The van der Waals surface area contributed by atoms with E-state index in [0.29, 0.717) is 13.2 Å². The maximum absolute atomic E-state index is 11.8. The lowest BCUT2D eigenvalue weighted by Gasteiger charge is -2.09. The van der Waals surface area contributed by atoms with Crippen LogP contribution in [-0.2, 0) is 13.6 Å². The van der Waals surface area contributed by atoms with E-state index in [0.717, 1.165) is 17.3 Å². The molecule has 0 aromatic rings. The van der Waals surface area contributed by atoms with Gasteiger partial charge < -0.3 is 0 Å². The summed E-state index contributed by atoms with van der Waals surface area (Å²) in [5, 5.41) is 0. The molecule has 0 aliphatic rings. The third-order valence-corrected chi connectivity index (χ3v) is 3.64. The first-order valence-electron chi connectivity index (χ1n) is 4.63. The molecule has 0 spiro atoms. The highest BCUT2D eigenvalue weighted by Gasteiger charge is 2.19. The average Bonchev–Trinajstić information content (AvgIpc) is 2.13. The van der Waals surface area contributed by atoms with Gasteiger partial charge in [0.05, 0.1) is 13.2 Å². The van der Waals surface area contributed by atoms with Gasteiger partial charge in [-0.15, -0.1) is 0 Å². The summed E-state index contributed by atoms with van der Waals surface area (Å²) in [6.45, 7) is 4.27. The molecule has 3 nitrogen and oxygen atoms in total. The Morgan fingerprint density at radius 2 is 1.86 bits per heavy atom. The van der Waals surface area contributed by atoms with Crippen LogP contribution in [0.3, 0.4) is 0 Å².